The van der Waals surface area contributed by atoms with Gasteiger partial charge < -0.3 is 19.8 Å². The number of fused-ring (bicyclic) bond motifs is 1. The third kappa shape index (κ3) is 4.73. The highest BCUT2D eigenvalue weighted by atomic mass is 16.5. The van der Waals surface area contributed by atoms with Gasteiger partial charge in [0.2, 0.25) is 0 Å². The smallest absolute Gasteiger partial charge is 0.336 e. The van der Waals surface area contributed by atoms with Crippen molar-refractivity contribution < 1.29 is 19.3 Å². The maximum Gasteiger partial charge on any atom is 0.336 e. The minimum Gasteiger partial charge on any atom is -0.481 e. The van der Waals surface area contributed by atoms with Crippen molar-refractivity contribution in [2.45, 2.75) is 77.6 Å². The molecule has 1 amide bonds. The number of benzene rings is 1. The van der Waals surface area contributed by atoms with Gasteiger partial charge in [0.25, 0.3) is 5.91 Å². The van der Waals surface area contributed by atoms with E-state index in [1.165, 1.54) is 6.07 Å². The van der Waals surface area contributed by atoms with Crippen molar-refractivity contribution in [1.82, 2.24) is 5.32 Å². The van der Waals surface area contributed by atoms with Crippen molar-refractivity contribution in [3.8, 4) is 5.75 Å². The molecule has 1 aliphatic rings. The largest absolute Gasteiger partial charge is 0.481 e. The second-order valence-corrected chi connectivity index (χ2v) is 9.40. The van der Waals surface area contributed by atoms with Crippen LogP contribution >= 0.6 is 0 Å². The van der Waals surface area contributed by atoms with Gasteiger partial charge in [0, 0.05) is 36.4 Å². The molecule has 2 heterocycles. The van der Waals surface area contributed by atoms with Gasteiger partial charge in [0.15, 0.2) is 6.10 Å². The van der Waals surface area contributed by atoms with E-state index in [1.54, 1.807) is 19.1 Å². The summed E-state index contributed by atoms with van der Waals surface area (Å²) < 4.78 is 11.1. The van der Waals surface area contributed by atoms with Crippen molar-refractivity contribution >= 4 is 16.9 Å². The molecule has 0 aliphatic carbocycles. The zero-order valence-corrected chi connectivity index (χ0v) is 17.6. The number of hydrogen-bond donors (Lipinski definition) is 2. The van der Waals surface area contributed by atoms with Gasteiger partial charge >= 0.3 is 5.63 Å². The van der Waals surface area contributed by atoms with E-state index in [-0.39, 0.29) is 23.0 Å². The van der Waals surface area contributed by atoms with E-state index in [4.69, 9.17) is 9.15 Å². The average molecular weight is 388 g/mol. The fraction of sp³-hybridized carbons (Fsp3) is 0.545. The molecule has 0 bridgehead atoms. The zero-order chi connectivity index (χ0) is 20.7. The summed E-state index contributed by atoms with van der Waals surface area (Å²) in [5.41, 5.74) is 1.08. The van der Waals surface area contributed by atoms with Crippen LogP contribution in [0.3, 0.4) is 0 Å². The van der Waals surface area contributed by atoms with Crippen LogP contribution in [0.2, 0.25) is 0 Å². The highest BCUT2D eigenvalue weighted by Crippen LogP contribution is 2.24. The minimum atomic E-state index is -0.647. The number of carbonyl (C=O) groups is 1. The number of carbonyl (C=O) groups excluding carboxylic acids is 1. The minimum absolute atomic E-state index is 0.0809. The molecule has 0 saturated carbocycles. The van der Waals surface area contributed by atoms with Crippen LogP contribution < -0.4 is 21.0 Å². The van der Waals surface area contributed by atoms with E-state index in [0.717, 1.165) is 23.8 Å². The van der Waals surface area contributed by atoms with E-state index in [0.29, 0.717) is 11.3 Å². The first-order chi connectivity index (χ1) is 12.9. The summed E-state index contributed by atoms with van der Waals surface area (Å²) in [6.07, 6.45) is 1.18. The van der Waals surface area contributed by atoms with E-state index in [2.05, 4.69) is 38.3 Å². The van der Waals surface area contributed by atoms with E-state index >= 15 is 0 Å². The maximum absolute atomic E-state index is 12.7. The Bertz CT molecular complexity index is 929. The molecule has 0 unspecified atom stereocenters. The van der Waals surface area contributed by atoms with Crippen LogP contribution in [-0.2, 0) is 4.79 Å². The number of piperidine rings is 1. The van der Waals surface area contributed by atoms with Gasteiger partial charge in [0.1, 0.15) is 11.3 Å². The zero-order valence-electron chi connectivity index (χ0n) is 17.6. The van der Waals surface area contributed by atoms with Gasteiger partial charge in [-0.3, -0.25) is 4.79 Å². The Hall–Kier alpha value is -2.34. The predicted molar refractivity (Wildman–Crippen MR) is 109 cm³/mol. The molecule has 1 aromatic heterocycles. The molecule has 152 valence electrons. The molecular weight excluding hydrogens is 356 g/mol. The number of nitrogens with one attached hydrogen (secondary N) is 1. The van der Waals surface area contributed by atoms with Crippen molar-refractivity contribution in [2.75, 3.05) is 0 Å². The summed E-state index contributed by atoms with van der Waals surface area (Å²) >= 11 is 0. The lowest BCUT2D eigenvalue weighted by Gasteiger charge is -2.43. The lowest BCUT2D eigenvalue weighted by atomic mass is 9.79. The maximum atomic E-state index is 12.7. The third-order valence-corrected chi connectivity index (χ3v) is 5.28. The van der Waals surface area contributed by atoms with Crippen LogP contribution in [0.25, 0.3) is 11.0 Å². The lowest BCUT2D eigenvalue weighted by Crippen LogP contribution is -3.06. The van der Waals surface area contributed by atoms with E-state index in [9.17, 15) is 9.59 Å². The first-order valence-corrected chi connectivity index (χ1v) is 9.83. The number of rotatable bonds is 4. The van der Waals surface area contributed by atoms with Gasteiger partial charge in [-0.05, 0) is 59.2 Å². The van der Waals surface area contributed by atoms with Gasteiger partial charge in [-0.25, -0.2) is 4.79 Å². The highest BCUT2D eigenvalue weighted by Gasteiger charge is 2.42. The Balaban J connectivity index is 1.69. The summed E-state index contributed by atoms with van der Waals surface area (Å²) in [7, 11) is 0. The van der Waals surface area contributed by atoms with Crippen molar-refractivity contribution in [2.24, 2.45) is 0 Å². The third-order valence-electron chi connectivity index (χ3n) is 5.28. The normalized spacial score (nSPS) is 19.9. The molecule has 1 saturated heterocycles. The van der Waals surface area contributed by atoms with Gasteiger partial charge in [-0.2, -0.15) is 0 Å². The van der Waals surface area contributed by atoms with E-state index in [1.807, 2.05) is 13.0 Å². The monoisotopic (exact) mass is 387 g/mol. The summed E-state index contributed by atoms with van der Waals surface area (Å²) in [6.45, 7) is 12.4. The molecule has 1 atom stereocenters. The summed E-state index contributed by atoms with van der Waals surface area (Å²) in [6, 6.07) is 6.88. The van der Waals surface area contributed by atoms with Crippen molar-refractivity contribution in [3.05, 3.63) is 40.2 Å². The van der Waals surface area contributed by atoms with Crippen molar-refractivity contribution in [1.29, 1.82) is 0 Å². The molecule has 2 aromatic rings. The molecule has 28 heavy (non-hydrogen) atoms. The summed E-state index contributed by atoms with van der Waals surface area (Å²) in [5, 5.41) is 6.38. The number of quaternary nitrogens is 1. The molecule has 0 radical (unpaired) electrons. The van der Waals surface area contributed by atoms with Crippen LogP contribution in [0, 0.1) is 6.92 Å². The number of ether oxygens (including phenoxy) is 1. The van der Waals surface area contributed by atoms with E-state index < -0.39 is 11.7 Å². The quantitative estimate of drug-likeness (QED) is 0.788. The Morgan fingerprint density at radius 1 is 1.21 bits per heavy atom. The second-order valence-electron chi connectivity index (χ2n) is 9.40. The molecule has 1 fully saturated rings. The van der Waals surface area contributed by atoms with Crippen LogP contribution in [0.4, 0.5) is 0 Å². The second kappa shape index (κ2) is 7.24. The molecule has 1 aromatic carbocycles. The first kappa shape index (κ1) is 20.4. The van der Waals surface area contributed by atoms with Crippen LogP contribution in [0.5, 0.6) is 5.75 Å². The fourth-order valence-corrected chi connectivity index (χ4v) is 4.57. The fourth-order valence-electron chi connectivity index (χ4n) is 4.57. The molecule has 6 nitrogen and oxygen atoms in total. The molecule has 3 N–H and O–H groups in total. The summed E-state index contributed by atoms with van der Waals surface area (Å²) in [4.78, 5) is 24.3. The number of hydrogen-bond acceptors (Lipinski definition) is 4. The Morgan fingerprint density at radius 3 is 2.50 bits per heavy atom. The number of amides is 1. The predicted octanol–water partition coefficient (Wildman–Crippen LogP) is 2.27. The number of nitrogens with two attached hydrogens (primary N) is 1. The van der Waals surface area contributed by atoms with Gasteiger partial charge in [-0.1, -0.05) is 0 Å². The molecule has 3 rings (SSSR count). The van der Waals surface area contributed by atoms with Crippen LogP contribution in [0.1, 0.15) is 53.0 Å². The Kier molecular flexibility index (Phi) is 5.28. The average Bonchev–Trinajstić information content (AvgIpc) is 2.51. The molecule has 6 heteroatoms. The van der Waals surface area contributed by atoms with Gasteiger partial charge in [-0.15, -0.1) is 0 Å². The van der Waals surface area contributed by atoms with Crippen molar-refractivity contribution in [3.63, 3.8) is 0 Å². The molecular formula is C22H31N2O4+. The number of aryl methyl sites for hydroxylation is 1. The standard InChI is InChI=1S/C22H30N2O4/c1-13-9-19(25)28-18-10-16(7-8-17(13)18)27-14(2)20(26)23-15-11-21(3,4)24-22(5,6)12-15/h7-10,14-15,24H,11-12H2,1-6H3,(H,23,26)/p+1/t14-/m1/s1. The van der Waals surface area contributed by atoms with Gasteiger partial charge in [0.05, 0.1) is 11.1 Å². The first-order valence-electron chi connectivity index (χ1n) is 9.83. The molecule has 1 aliphatic heterocycles. The lowest BCUT2D eigenvalue weighted by molar-refractivity contribution is -0.787. The van der Waals surface area contributed by atoms with Crippen LogP contribution in [0.15, 0.2) is 33.5 Å². The molecule has 0 spiro atoms. The topological polar surface area (TPSA) is 85.1 Å². The SMILES string of the molecule is Cc1cc(=O)oc2cc(O[C@H](C)C(=O)NC3CC(C)(C)[NH2+]C(C)(C)C3)ccc12. The van der Waals surface area contributed by atoms with Crippen LogP contribution in [-0.4, -0.2) is 29.1 Å². The highest BCUT2D eigenvalue weighted by molar-refractivity contribution is 5.83. The Morgan fingerprint density at radius 2 is 1.86 bits per heavy atom. The summed E-state index contributed by atoms with van der Waals surface area (Å²) in [5.74, 6) is 0.367. The Labute approximate surface area is 165 Å².